The highest BCUT2D eigenvalue weighted by Crippen LogP contribution is 2.48. The zero-order valence-corrected chi connectivity index (χ0v) is 28.8. The quantitative estimate of drug-likeness (QED) is 0.0609. The third kappa shape index (κ3) is 19.2. The van der Waals surface area contributed by atoms with Crippen molar-refractivity contribution in [2.75, 3.05) is 71.5 Å². The molecule has 2 rings (SSSR count). The number of aliphatic hydroxyl groups is 2. The number of nitrogens with zero attached hydrogens (tertiary/aromatic N) is 4. The maximum absolute atomic E-state index is 13.5. The smallest absolute Gasteiger partial charge is 0.356 e. The van der Waals surface area contributed by atoms with E-state index < -0.39 is 7.60 Å². The predicted octanol–water partition coefficient (Wildman–Crippen LogP) is 5.87. The molecule has 2 aromatic rings. The summed E-state index contributed by atoms with van der Waals surface area (Å²) in [6.07, 6.45) is 20.6. The first-order valence-electron chi connectivity index (χ1n) is 17.3. The molecule has 0 fully saturated rings. The summed E-state index contributed by atoms with van der Waals surface area (Å²) in [6.45, 7) is 3.49. The molecule has 0 saturated heterocycles. The lowest BCUT2D eigenvalue weighted by Crippen LogP contribution is -2.13. The van der Waals surface area contributed by atoms with Crippen LogP contribution in [0.5, 0.6) is 0 Å². The average molecular weight is 674 g/mol. The first-order chi connectivity index (χ1) is 22.6. The fraction of sp³-hybridized carbons (Fsp3) is 0.844. The molecule has 0 aliphatic heterocycles. The van der Waals surface area contributed by atoms with Crippen molar-refractivity contribution < 1.29 is 38.0 Å². The lowest BCUT2D eigenvalue weighted by Gasteiger charge is -2.19. The van der Waals surface area contributed by atoms with Gasteiger partial charge in [-0.3, -0.25) is 4.57 Å². The van der Waals surface area contributed by atoms with Crippen LogP contribution in [0.1, 0.15) is 103 Å². The Balaban J connectivity index is 1.63. The minimum Gasteiger partial charge on any atom is -0.396 e. The Hall–Kier alpha value is -1.70. The third-order valence-electron chi connectivity index (χ3n) is 7.58. The normalized spacial score (nSPS) is 12.0. The minimum absolute atomic E-state index is 0.148. The van der Waals surface area contributed by atoms with Crippen LogP contribution in [0.4, 0.5) is 5.82 Å². The van der Waals surface area contributed by atoms with Crippen LogP contribution in [0.25, 0.3) is 11.2 Å². The molecule has 0 aromatic carbocycles. The van der Waals surface area contributed by atoms with E-state index in [4.69, 9.17) is 39.2 Å². The van der Waals surface area contributed by atoms with Gasteiger partial charge in [0.1, 0.15) is 18.2 Å². The van der Waals surface area contributed by atoms with Crippen LogP contribution < -0.4 is 5.73 Å². The zero-order valence-electron chi connectivity index (χ0n) is 27.9. The maximum atomic E-state index is 13.5. The second-order valence-corrected chi connectivity index (χ2v) is 13.5. The van der Waals surface area contributed by atoms with Crippen molar-refractivity contribution >= 4 is 24.6 Å². The molecule has 13 nitrogen and oxygen atoms in total. The number of aromatic nitrogens is 4. The van der Waals surface area contributed by atoms with E-state index in [1.165, 1.54) is 57.7 Å². The average Bonchev–Trinajstić information content (AvgIpc) is 3.48. The molecule has 266 valence electrons. The van der Waals surface area contributed by atoms with Crippen LogP contribution in [0.2, 0.25) is 0 Å². The van der Waals surface area contributed by atoms with Crippen molar-refractivity contribution in [3.63, 3.8) is 0 Å². The lowest BCUT2D eigenvalue weighted by atomic mass is 10.1. The van der Waals surface area contributed by atoms with E-state index in [-0.39, 0.29) is 39.4 Å². The molecule has 4 N–H and O–H groups in total. The zero-order chi connectivity index (χ0) is 33.0. The number of unbranched alkanes of at least 4 members (excludes halogenated alkanes) is 14. The highest BCUT2D eigenvalue weighted by atomic mass is 31.2. The lowest BCUT2D eigenvalue weighted by molar-refractivity contribution is 0.0608. The van der Waals surface area contributed by atoms with Gasteiger partial charge in [0.05, 0.1) is 39.4 Å². The van der Waals surface area contributed by atoms with Gasteiger partial charge in [0.2, 0.25) is 0 Å². The standard InChI is InChI=1S/C32H60N5O8P/c33-31-30-32(35-27-34-31)37(28-36-30)17-22-43-29-46(40,44-25-23-41-20-15-11-7-3-1-5-9-13-18-38)45-26-24-42-21-16-12-8-4-2-6-10-14-19-39/h27-28,38-39H,1-26,29H2,(H2,33,34,35). The molecular weight excluding hydrogens is 613 g/mol. The predicted molar refractivity (Wildman–Crippen MR) is 180 cm³/mol. The van der Waals surface area contributed by atoms with E-state index in [1.54, 1.807) is 10.9 Å². The summed E-state index contributed by atoms with van der Waals surface area (Å²) < 4.78 is 43.8. The Bertz CT molecular complexity index is 1010. The molecule has 0 aliphatic carbocycles. The summed E-state index contributed by atoms with van der Waals surface area (Å²) in [6, 6.07) is 0. The van der Waals surface area contributed by atoms with Gasteiger partial charge in [0.25, 0.3) is 0 Å². The minimum atomic E-state index is -3.53. The van der Waals surface area contributed by atoms with E-state index in [2.05, 4.69) is 15.0 Å². The highest BCUT2D eigenvalue weighted by molar-refractivity contribution is 7.53. The number of aliphatic hydroxyl groups excluding tert-OH is 2. The van der Waals surface area contributed by atoms with E-state index >= 15 is 0 Å². The first-order valence-corrected chi connectivity index (χ1v) is 19.1. The number of anilines is 1. The van der Waals surface area contributed by atoms with Crippen LogP contribution >= 0.6 is 7.60 Å². The van der Waals surface area contributed by atoms with Gasteiger partial charge in [-0.15, -0.1) is 0 Å². The molecule has 0 radical (unpaired) electrons. The Morgan fingerprint density at radius 3 is 1.63 bits per heavy atom. The van der Waals surface area contributed by atoms with Gasteiger partial charge in [-0.2, -0.15) is 0 Å². The van der Waals surface area contributed by atoms with Crippen LogP contribution in [-0.4, -0.2) is 95.5 Å². The molecule has 0 amide bonds. The van der Waals surface area contributed by atoms with Gasteiger partial charge in [-0.25, -0.2) is 15.0 Å². The molecule has 0 atom stereocenters. The molecule has 46 heavy (non-hydrogen) atoms. The van der Waals surface area contributed by atoms with Crippen molar-refractivity contribution in [1.29, 1.82) is 0 Å². The topological polar surface area (TPSA) is 173 Å². The number of ether oxygens (including phenoxy) is 3. The number of imidazole rings is 1. The molecule has 0 aliphatic rings. The van der Waals surface area contributed by atoms with Gasteiger partial charge in [0.15, 0.2) is 11.5 Å². The Morgan fingerprint density at radius 2 is 1.11 bits per heavy atom. The van der Waals surface area contributed by atoms with Crippen LogP contribution in [-0.2, 0) is 34.4 Å². The maximum Gasteiger partial charge on any atom is 0.356 e. The number of nitrogen functional groups attached to an aromatic ring is 1. The van der Waals surface area contributed by atoms with E-state index in [9.17, 15) is 4.57 Å². The Labute approximate surface area is 275 Å². The molecule has 2 aromatic heterocycles. The SMILES string of the molecule is Nc1ncnc2c1ncn2CCOCP(=O)(OCCOCCCCCCCCCCO)OCCOCCCCCCCCCCO. The highest BCUT2D eigenvalue weighted by Gasteiger charge is 2.25. The number of fused-ring (bicyclic) bond motifs is 1. The molecule has 0 unspecified atom stereocenters. The van der Waals surface area contributed by atoms with Crippen molar-refractivity contribution in [1.82, 2.24) is 19.5 Å². The molecule has 0 spiro atoms. The summed E-state index contributed by atoms with van der Waals surface area (Å²) in [7, 11) is -3.53. The van der Waals surface area contributed by atoms with Gasteiger partial charge >= 0.3 is 7.60 Å². The van der Waals surface area contributed by atoms with Crippen LogP contribution in [0, 0.1) is 0 Å². The second-order valence-electron chi connectivity index (χ2n) is 11.5. The summed E-state index contributed by atoms with van der Waals surface area (Å²) in [5.74, 6) is 0.316. The van der Waals surface area contributed by atoms with Crippen LogP contribution in [0.3, 0.4) is 0 Å². The largest absolute Gasteiger partial charge is 0.396 e. The fourth-order valence-electron chi connectivity index (χ4n) is 4.94. The molecule has 0 bridgehead atoms. The van der Waals surface area contributed by atoms with Crippen LogP contribution in [0.15, 0.2) is 12.7 Å². The number of hydrogen-bond acceptors (Lipinski definition) is 12. The van der Waals surface area contributed by atoms with Gasteiger partial charge < -0.3 is 43.8 Å². The Morgan fingerprint density at radius 1 is 0.609 bits per heavy atom. The summed E-state index contributed by atoms with van der Waals surface area (Å²) in [5, 5.41) is 17.7. The third-order valence-corrected chi connectivity index (χ3v) is 9.23. The summed E-state index contributed by atoms with van der Waals surface area (Å²) in [5.41, 5.74) is 7.00. The van der Waals surface area contributed by atoms with Crippen molar-refractivity contribution in [2.45, 2.75) is 109 Å². The monoisotopic (exact) mass is 673 g/mol. The molecular formula is C32H60N5O8P. The number of rotatable bonds is 33. The van der Waals surface area contributed by atoms with E-state index in [0.717, 1.165) is 51.4 Å². The van der Waals surface area contributed by atoms with Crippen molar-refractivity contribution in [2.24, 2.45) is 0 Å². The molecule has 2 heterocycles. The molecule has 0 saturated carbocycles. The first kappa shape index (κ1) is 40.5. The van der Waals surface area contributed by atoms with Gasteiger partial charge in [0, 0.05) is 33.0 Å². The van der Waals surface area contributed by atoms with Gasteiger partial charge in [-0.05, 0) is 25.7 Å². The van der Waals surface area contributed by atoms with Crippen molar-refractivity contribution in [3.05, 3.63) is 12.7 Å². The number of nitrogens with two attached hydrogens (primary N) is 1. The van der Waals surface area contributed by atoms with Crippen molar-refractivity contribution in [3.8, 4) is 0 Å². The summed E-state index contributed by atoms with van der Waals surface area (Å²) in [4.78, 5) is 12.4. The molecule has 14 heteroatoms. The van der Waals surface area contributed by atoms with Gasteiger partial charge in [-0.1, -0.05) is 77.0 Å². The van der Waals surface area contributed by atoms with E-state index in [0.29, 0.717) is 50.0 Å². The fourth-order valence-corrected chi connectivity index (χ4v) is 6.22. The Kier molecular flexibility index (Phi) is 24.0. The summed E-state index contributed by atoms with van der Waals surface area (Å²) >= 11 is 0. The number of hydrogen-bond donors (Lipinski definition) is 3. The van der Waals surface area contributed by atoms with E-state index in [1.807, 2.05) is 0 Å². The second kappa shape index (κ2) is 27.3.